The van der Waals surface area contributed by atoms with Gasteiger partial charge in [-0.3, -0.25) is 4.57 Å². The van der Waals surface area contributed by atoms with Crippen LogP contribution in [-0.4, -0.2) is 26.6 Å². The minimum absolute atomic E-state index is 0.0744. The second kappa shape index (κ2) is 6.35. The molecule has 0 radical (unpaired) electrons. The van der Waals surface area contributed by atoms with E-state index in [2.05, 4.69) is 15.0 Å². The Labute approximate surface area is 164 Å². The maximum absolute atomic E-state index is 13.5. The molecule has 3 heterocycles. The summed E-state index contributed by atoms with van der Waals surface area (Å²) in [6.45, 7) is 0. The molecule has 0 saturated carbocycles. The molecular weight excluding hydrogens is 379 g/mol. The zero-order chi connectivity index (χ0) is 19.3. The molecule has 0 unspecified atom stereocenters. The number of ether oxygens (including phenoxy) is 1. The Bertz CT molecular complexity index is 1340. The quantitative estimate of drug-likeness (QED) is 0.449. The van der Waals surface area contributed by atoms with Gasteiger partial charge in [0.15, 0.2) is 0 Å². The molecule has 1 N–H and O–H groups in total. The number of halogens is 2. The number of nitrogens with zero attached hydrogens (tertiary/aromatic N) is 3. The van der Waals surface area contributed by atoms with Crippen molar-refractivity contribution in [3.8, 4) is 22.6 Å². The predicted molar refractivity (Wildman–Crippen MR) is 108 cm³/mol. The number of hydrogen-bond donors (Lipinski definition) is 1. The number of pyridine rings is 1. The summed E-state index contributed by atoms with van der Waals surface area (Å²) < 4.78 is 20.7. The van der Waals surface area contributed by atoms with E-state index in [1.165, 1.54) is 6.07 Å². The van der Waals surface area contributed by atoms with Gasteiger partial charge >= 0.3 is 0 Å². The van der Waals surface area contributed by atoms with E-state index in [-0.39, 0.29) is 5.02 Å². The number of H-pyrrole nitrogens is 1. The van der Waals surface area contributed by atoms with E-state index >= 15 is 0 Å². The molecule has 0 amide bonds. The normalized spacial score (nSPS) is 11.4. The number of aromatic nitrogens is 4. The molecule has 5 aromatic rings. The molecule has 2 aromatic carbocycles. The maximum Gasteiger partial charge on any atom is 0.141 e. The Morgan fingerprint density at radius 1 is 1.11 bits per heavy atom. The number of benzene rings is 2. The summed E-state index contributed by atoms with van der Waals surface area (Å²) in [5.41, 5.74) is 5.27. The van der Waals surface area contributed by atoms with E-state index in [4.69, 9.17) is 16.3 Å². The third kappa shape index (κ3) is 2.61. The first-order valence-electron chi connectivity index (χ1n) is 8.58. The molecule has 5 nitrogen and oxygen atoms in total. The molecule has 28 heavy (non-hydrogen) atoms. The van der Waals surface area contributed by atoms with Crippen LogP contribution >= 0.6 is 11.6 Å². The van der Waals surface area contributed by atoms with Gasteiger partial charge in [0.25, 0.3) is 0 Å². The van der Waals surface area contributed by atoms with Crippen LogP contribution in [0.15, 0.2) is 61.2 Å². The van der Waals surface area contributed by atoms with Crippen LogP contribution < -0.4 is 4.74 Å². The lowest BCUT2D eigenvalue weighted by atomic mass is 10.1. The monoisotopic (exact) mass is 392 g/mol. The Balaban J connectivity index is 1.69. The molecule has 7 heteroatoms. The van der Waals surface area contributed by atoms with Gasteiger partial charge in [0.1, 0.15) is 23.5 Å². The van der Waals surface area contributed by atoms with Crippen LogP contribution in [0.3, 0.4) is 0 Å². The molecule has 0 spiro atoms. The van der Waals surface area contributed by atoms with E-state index in [1.807, 2.05) is 35.0 Å². The van der Waals surface area contributed by atoms with Gasteiger partial charge in [-0.25, -0.2) is 14.4 Å². The number of imidazole rings is 1. The number of nitrogens with one attached hydrogen (secondary N) is 1. The number of fused-ring (bicyclic) bond motifs is 2. The summed E-state index contributed by atoms with van der Waals surface area (Å²) in [5, 5.41) is 1.04. The fourth-order valence-electron chi connectivity index (χ4n) is 3.35. The average molecular weight is 393 g/mol. The Hall–Kier alpha value is -3.38. The Kier molecular flexibility index (Phi) is 3.80. The molecule has 0 aliphatic carbocycles. The second-order valence-corrected chi connectivity index (χ2v) is 6.80. The summed E-state index contributed by atoms with van der Waals surface area (Å²) in [5.74, 6) is 0.246. The van der Waals surface area contributed by atoms with Gasteiger partial charge in [-0.2, -0.15) is 0 Å². The lowest BCUT2D eigenvalue weighted by Crippen LogP contribution is -1.93. The van der Waals surface area contributed by atoms with Crippen molar-refractivity contribution < 1.29 is 9.13 Å². The van der Waals surface area contributed by atoms with Crippen LogP contribution in [-0.2, 0) is 0 Å². The van der Waals surface area contributed by atoms with Crippen molar-refractivity contribution in [2.45, 2.75) is 0 Å². The first kappa shape index (κ1) is 16.8. The van der Waals surface area contributed by atoms with Crippen LogP contribution in [0.1, 0.15) is 0 Å². The molecule has 5 rings (SSSR count). The third-order valence-corrected chi connectivity index (χ3v) is 5.07. The summed E-state index contributed by atoms with van der Waals surface area (Å²) in [4.78, 5) is 12.0. The molecule has 0 bridgehead atoms. The highest BCUT2D eigenvalue weighted by Crippen LogP contribution is 2.32. The fourth-order valence-corrected chi connectivity index (χ4v) is 3.53. The number of rotatable bonds is 3. The zero-order valence-corrected chi connectivity index (χ0v) is 15.5. The van der Waals surface area contributed by atoms with Crippen LogP contribution in [0.5, 0.6) is 5.75 Å². The molecule has 0 aliphatic heterocycles. The Morgan fingerprint density at radius 2 is 2.00 bits per heavy atom. The van der Waals surface area contributed by atoms with Gasteiger partial charge < -0.3 is 9.72 Å². The predicted octanol–water partition coefficient (Wildman–Crippen LogP) is 5.37. The summed E-state index contributed by atoms with van der Waals surface area (Å²) in [7, 11) is 1.62. The molecule has 138 valence electrons. The van der Waals surface area contributed by atoms with Crippen LogP contribution in [0.4, 0.5) is 4.39 Å². The lowest BCUT2D eigenvalue weighted by Gasteiger charge is -2.07. The van der Waals surface area contributed by atoms with Gasteiger partial charge in [-0.05, 0) is 42.0 Å². The largest absolute Gasteiger partial charge is 0.495 e. The summed E-state index contributed by atoms with van der Waals surface area (Å²) in [6.07, 6.45) is 5.31. The molecule has 3 aromatic heterocycles. The fraction of sp³-hybridized carbons (Fsp3) is 0.0476. The first-order valence-corrected chi connectivity index (χ1v) is 8.96. The topological polar surface area (TPSA) is 55.7 Å². The van der Waals surface area contributed by atoms with E-state index in [1.54, 1.807) is 31.8 Å². The van der Waals surface area contributed by atoms with Gasteiger partial charge in [-0.15, -0.1) is 0 Å². The van der Waals surface area contributed by atoms with Crippen molar-refractivity contribution in [1.82, 2.24) is 19.5 Å². The highest BCUT2D eigenvalue weighted by Gasteiger charge is 2.12. The van der Waals surface area contributed by atoms with E-state index < -0.39 is 5.82 Å². The highest BCUT2D eigenvalue weighted by atomic mass is 35.5. The van der Waals surface area contributed by atoms with Crippen molar-refractivity contribution >= 4 is 33.7 Å². The molecule has 0 aliphatic rings. The zero-order valence-electron chi connectivity index (χ0n) is 14.8. The molecule has 0 atom stereocenters. The van der Waals surface area contributed by atoms with Crippen LogP contribution in [0.2, 0.25) is 5.02 Å². The molecular formula is C21H14ClFN4O. The van der Waals surface area contributed by atoms with Gasteiger partial charge in [0, 0.05) is 22.8 Å². The van der Waals surface area contributed by atoms with Crippen molar-refractivity contribution in [3.63, 3.8) is 0 Å². The van der Waals surface area contributed by atoms with Crippen molar-refractivity contribution in [3.05, 3.63) is 72.0 Å². The molecule has 0 fully saturated rings. The van der Waals surface area contributed by atoms with E-state index in [0.29, 0.717) is 5.75 Å². The van der Waals surface area contributed by atoms with Gasteiger partial charge in [0.2, 0.25) is 0 Å². The number of aromatic amines is 1. The lowest BCUT2D eigenvalue weighted by molar-refractivity contribution is 0.414. The van der Waals surface area contributed by atoms with Gasteiger partial charge in [-0.1, -0.05) is 17.7 Å². The number of methoxy groups -OCH3 is 1. The standard InChI is InChI=1S/C21H14ClFN4O/c1-28-14-8-15-16(10-25-21(15)24-9-14)12-2-5-19-20(6-12)27(11-26-19)13-3-4-18(23)17(22)7-13/h2-11H,1H3,(H,24,25). The van der Waals surface area contributed by atoms with Crippen molar-refractivity contribution in [1.29, 1.82) is 0 Å². The minimum Gasteiger partial charge on any atom is -0.495 e. The van der Waals surface area contributed by atoms with E-state index in [0.717, 1.165) is 38.9 Å². The van der Waals surface area contributed by atoms with Crippen LogP contribution in [0, 0.1) is 5.82 Å². The number of hydrogen-bond acceptors (Lipinski definition) is 3. The minimum atomic E-state index is -0.448. The van der Waals surface area contributed by atoms with Crippen molar-refractivity contribution in [2.75, 3.05) is 7.11 Å². The summed E-state index contributed by atoms with van der Waals surface area (Å²) in [6, 6.07) is 12.6. The Morgan fingerprint density at radius 3 is 2.82 bits per heavy atom. The smallest absolute Gasteiger partial charge is 0.141 e. The summed E-state index contributed by atoms with van der Waals surface area (Å²) >= 11 is 5.96. The highest BCUT2D eigenvalue weighted by molar-refractivity contribution is 6.30. The third-order valence-electron chi connectivity index (χ3n) is 4.78. The van der Waals surface area contributed by atoms with Crippen LogP contribution in [0.25, 0.3) is 38.9 Å². The first-order chi connectivity index (χ1) is 13.6. The SMILES string of the molecule is COc1cnc2[nH]cc(-c3ccc4ncn(-c5ccc(F)c(Cl)c5)c4c3)c2c1. The second-order valence-electron chi connectivity index (χ2n) is 6.39. The van der Waals surface area contributed by atoms with E-state index in [9.17, 15) is 4.39 Å². The average Bonchev–Trinajstić information content (AvgIpc) is 3.33. The van der Waals surface area contributed by atoms with Crippen molar-refractivity contribution in [2.24, 2.45) is 0 Å². The maximum atomic E-state index is 13.5. The molecule has 0 saturated heterocycles. The van der Waals surface area contributed by atoms with Gasteiger partial charge in [0.05, 0.1) is 29.4 Å².